The lowest BCUT2D eigenvalue weighted by atomic mass is 9.81. The van der Waals surface area contributed by atoms with E-state index in [-0.39, 0.29) is 11.0 Å². The van der Waals surface area contributed by atoms with Crippen molar-refractivity contribution >= 4 is 33.4 Å². The van der Waals surface area contributed by atoms with Gasteiger partial charge in [-0.05, 0) is 32.5 Å². The van der Waals surface area contributed by atoms with Gasteiger partial charge in [0.25, 0.3) is 0 Å². The highest BCUT2D eigenvalue weighted by molar-refractivity contribution is 9.12. The van der Waals surface area contributed by atoms with Crippen LogP contribution in [0.25, 0.3) is 5.57 Å². The van der Waals surface area contributed by atoms with E-state index < -0.39 is 11.9 Å². The highest BCUT2D eigenvalue weighted by Gasteiger charge is 2.31. The van der Waals surface area contributed by atoms with Crippen LogP contribution in [0.2, 0.25) is 0 Å². The van der Waals surface area contributed by atoms with Crippen LogP contribution in [0.3, 0.4) is 0 Å². The first-order chi connectivity index (χ1) is 12.1. The molecule has 1 aromatic carbocycles. The number of halogens is 1. The molecule has 0 saturated heterocycles. The number of hydrogen-bond acceptors (Lipinski definition) is 5. The Hall–Kier alpha value is -2.08. The summed E-state index contributed by atoms with van der Waals surface area (Å²) in [7, 11) is 5.98. The third-order valence-corrected chi connectivity index (χ3v) is 4.47. The average molecular weight is 424 g/mol. The summed E-state index contributed by atoms with van der Waals surface area (Å²) in [6, 6.07) is 9.81. The van der Waals surface area contributed by atoms with Crippen LogP contribution in [0.5, 0.6) is 0 Å². The molecule has 0 N–H and O–H groups in total. The fraction of sp³-hybridized carbons (Fsp3) is 0.400. The summed E-state index contributed by atoms with van der Waals surface area (Å²) >= 11 is 3.64. The highest BCUT2D eigenvalue weighted by Crippen LogP contribution is 2.42. The molecule has 0 fully saturated rings. The third-order valence-electron chi connectivity index (χ3n) is 3.70. The Morgan fingerprint density at radius 1 is 0.962 bits per heavy atom. The van der Waals surface area contributed by atoms with Crippen LogP contribution in [0.15, 0.2) is 46.1 Å². The van der Waals surface area contributed by atoms with Crippen molar-refractivity contribution in [3.05, 3.63) is 51.6 Å². The van der Waals surface area contributed by atoms with Crippen LogP contribution in [-0.2, 0) is 19.1 Å². The Morgan fingerprint density at radius 2 is 1.42 bits per heavy atom. The molecule has 1 aromatic rings. The Labute approximate surface area is 163 Å². The van der Waals surface area contributed by atoms with Crippen molar-refractivity contribution in [2.75, 3.05) is 28.3 Å². The molecule has 0 heterocycles. The molecule has 1 rings (SSSR count). The lowest BCUT2D eigenvalue weighted by Crippen LogP contribution is -2.26. The van der Waals surface area contributed by atoms with E-state index in [1.165, 1.54) is 14.2 Å². The van der Waals surface area contributed by atoms with Crippen LogP contribution in [0, 0.1) is 5.41 Å². The summed E-state index contributed by atoms with van der Waals surface area (Å²) in [5, 5.41) is 0. The van der Waals surface area contributed by atoms with Crippen molar-refractivity contribution in [1.29, 1.82) is 0 Å². The maximum absolute atomic E-state index is 12.3. The molecule has 0 radical (unpaired) electrons. The van der Waals surface area contributed by atoms with E-state index in [0.29, 0.717) is 10.2 Å². The largest absolute Gasteiger partial charge is 0.465 e. The van der Waals surface area contributed by atoms with Gasteiger partial charge in [0.1, 0.15) is 0 Å². The minimum atomic E-state index is -0.751. The Morgan fingerprint density at radius 3 is 1.77 bits per heavy atom. The van der Waals surface area contributed by atoms with Crippen molar-refractivity contribution in [3.8, 4) is 0 Å². The number of carbonyl (C=O) groups is 2. The summed E-state index contributed by atoms with van der Waals surface area (Å²) in [5.41, 5.74) is 1.91. The van der Waals surface area contributed by atoms with Gasteiger partial charge in [-0.2, -0.15) is 0 Å². The molecule has 0 spiro atoms. The van der Waals surface area contributed by atoms with Crippen LogP contribution in [-0.4, -0.2) is 45.2 Å². The maximum atomic E-state index is 12.3. The van der Waals surface area contributed by atoms with Gasteiger partial charge in [-0.1, -0.05) is 51.1 Å². The topological polar surface area (TPSA) is 55.8 Å². The van der Waals surface area contributed by atoms with Gasteiger partial charge < -0.3 is 14.4 Å². The molecule has 0 unspecified atom stereocenters. The number of ether oxygens (including phenoxy) is 2. The summed E-state index contributed by atoms with van der Waals surface area (Å²) in [6.45, 7) is 6.21. The summed E-state index contributed by atoms with van der Waals surface area (Å²) < 4.78 is 10.3. The summed E-state index contributed by atoms with van der Waals surface area (Å²) in [6.07, 6.45) is 0. The number of allylic oxidation sites excluding steroid dienone is 2. The second-order valence-corrected chi connectivity index (χ2v) is 7.70. The second-order valence-electron chi connectivity index (χ2n) is 6.91. The van der Waals surface area contributed by atoms with Gasteiger partial charge in [0.2, 0.25) is 0 Å². The zero-order valence-electron chi connectivity index (χ0n) is 16.3. The van der Waals surface area contributed by atoms with Crippen molar-refractivity contribution < 1.29 is 19.1 Å². The van der Waals surface area contributed by atoms with E-state index in [2.05, 4.69) is 36.7 Å². The summed E-state index contributed by atoms with van der Waals surface area (Å²) in [4.78, 5) is 26.3. The van der Waals surface area contributed by atoms with E-state index in [4.69, 9.17) is 9.47 Å². The molecule has 0 bridgehead atoms. The normalized spacial score (nSPS) is 12.0. The molecule has 26 heavy (non-hydrogen) atoms. The molecule has 0 aliphatic heterocycles. The number of nitrogens with zero attached hydrogens (tertiary/aromatic N) is 1. The van der Waals surface area contributed by atoms with Crippen LogP contribution >= 0.6 is 15.9 Å². The molecule has 0 aliphatic carbocycles. The predicted octanol–water partition coefficient (Wildman–Crippen LogP) is 4.00. The van der Waals surface area contributed by atoms with Crippen LogP contribution < -0.4 is 0 Å². The fourth-order valence-corrected chi connectivity index (χ4v) is 4.00. The number of rotatable bonds is 5. The molecule has 0 amide bonds. The standard InChI is InChI=1S/C20H26BrNO4/c1-20(2,3)15(13-11-9-8-10-12-13)16(21)17(22(4)5)14(18(23)25-6)19(24)26-7/h8-12H,1-7H3/b16-15+. The van der Waals surface area contributed by atoms with Gasteiger partial charge in [-0.3, -0.25) is 0 Å². The number of benzene rings is 1. The van der Waals surface area contributed by atoms with E-state index >= 15 is 0 Å². The first-order valence-corrected chi connectivity index (χ1v) is 8.89. The van der Waals surface area contributed by atoms with E-state index in [9.17, 15) is 9.59 Å². The monoisotopic (exact) mass is 423 g/mol. The number of esters is 2. The molecule has 0 saturated carbocycles. The number of hydrogen-bond donors (Lipinski definition) is 0. The SMILES string of the molecule is COC(=O)C(C(=O)OC)=C(/C(Br)=C(/c1ccccc1)C(C)(C)C)N(C)C. The zero-order chi connectivity index (χ0) is 20.1. The first kappa shape index (κ1) is 22.0. The second kappa shape index (κ2) is 9.03. The Bertz CT molecular complexity index is 710. The van der Waals surface area contributed by atoms with E-state index in [1.807, 2.05) is 30.3 Å². The average Bonchev–Trinajstić information content (AvgIpc) is 2.57. The minimum Gasteiger partial charge on any atom is -0.465 e. The molecule has 0 aliphatic rings. The van der Waals surface area contributed by atoms with Gasteiger partial charge in [-0.25, -0.2) is 9.59 Å². The number of methoxy groups -OCH3 is 2. The third kappa shape index (κ3) is 4.97. The predicted molar refractivity (Wildman–Crippen MR) is 106 cm³/mol. The quantitative estimate of drug-likeness (QED) is 0.235. The Balaban J connectivity index is 3.94. The Kier molecular flexibility index (Phi) is 7.63. The number of likely N-dealkylation sites (N-methyl/N-ethyl adjacent to an activating group) is 1. The van der Waals surface area contributed by atoms with Gasteiger partial charge in [-0.15, -0.1) is 0 Å². The molecule has 142 valence electrons. The van der Waals surface area contributed by atoms with Gasteiger partial charge >= 0.3 is 11.9 Å². The fourth-order valence-electron chi connectivity index (χ4n) is 2.62. The smallest absolute Gasteiger partial charge is 0.347 e. The molecule has 0 atom stereocenters. The minimum absolute atomic E-state index is 0.162. The van der Waals surface area contributed by atoms with Gasteiger partial charge in [0.05, 0.1) is 19.9 Å². The number of carbonyl (C=O) groups excluding carboxylic acids is 2. The van der Waals surface area contributed by atoms with Gasteiger partial charge in [0.15, 0.2) is 5.57 Å². The van der Waals surface area contributed by atoms with Gasteiger partial charge in [0, 0.05) is 18.6 Å². The molecule has 6 heteroatoms. The molecular weight excluding hydrogens is 398 g/mol. The van der Waals surface area contributed by atoms with E-state index in [0.717, 1.165) is 11.1 Å². The van der Waals surface area contributed by atoms with Crippen molar-refractivity contribution in [2.45, 2.75) is 20.8 Å². The maximum Gasteiger partial charge on any atom is 0.347 e. The molecular formula is C20H26BrNO4. The van der Waals surface area contributed by atoms with Crippen LogP contribution in [0.1, 0.15) is 26.3 Å². The summed E-state index contributed by atoms with van der Waals surface area (Å²) in [5.74, 6) is -1.50. The lowest BCUT2D eigenvalue weighted by Gasteiger charge is -2.29. The van der Waals surface area contributed by atoms with Crippen molar-refractivity contribution in [1.82, 2.24) is 4.90 Å². The van der Waals surface area contributed by atoms with Crippen molar-refractivity contribution in [3.63, 3.8) is 0 Å². The highest BCUT2D eigenvalue weighted by atomic mass is 79.9. The lowest BCUT2D eigenvalue weighted by molar-refractivity contribution is -0.144. The van der Waals surface area contributed by atoms with Crippen molar-refractivity contribution in [2.24, 2.45) is 5.41 Å². The van der Waals surface area contributed by atoms with Crippen LogP contribution in [0.4, 0.5) is 0 Å². The molecule has 0 aromatic heterocycles. The first-order valence-electron chi connectivity index (χ1n) is 8.10. The van der Waals surface area contributed by atoms with E-state index in [1.54, 1.807) is 19.0 Å². The zero-order valence-corrected chi connectivity index (χ0v) is 17.9. The molecule has 5 nitrogen and oxygen atoms in total.